The molecule has 2 aromatic rings. The maximum atomic E-state index is 6.71. The summed E-state index contributed by atoms with van der Waals surface area (Å²) >= 11 is 0. The number of benzene rings is 1. The van der Waals surface area contributed by atoms with Gasteiger partial charge >= 0.3 is 0 Å². The predicted molar refractivity (Wildman–Crippen MR) is 75.2 cm³/mol. The van der Waals surface area contributed by atoms with Crippen molar-refractivity contribution in [3.8, 4) is 0 Å². The number of aromatic nitrogens is 1. The summed E-state index contributed by atoms with van der Waals surface area (Å²) in [6.45, 7) is 2.31. The van der Waals surface area contributed by atoms with Crippen LogP contribution in [0.15, 0.2) is 36.7 Å². The average molecular weight is 240 g/mol. The second kappa shape index (κ2) is 4.36. The normalized spacial score (nSPS) is 28.4. The lowest BCUT2D eigenvalue weighted by Crippen LogP contribution is -2.41. The van der Waals surface area contributed by atoms with Crippen molar-refractivity contribution in [2.24, 2.45) is 11.7 Å². The lowest BCUT2D eigenvalue weighted by Gasteiger charge is -2.38. The fraction of sp³-hybridized carbons (Fsp3) is 0.438. The van der Waals surface area contributed by atoms with Crippen LogP contribution in [0.25, 0.3) is 10.8 Å². The highest BCUT2D eigenvalue weighted by molar-refractivity contribution is 5.85. The highest BCUT2D eigenvalue weighted by Crippen LogP contribution is 2.40. The summed E-state index contributed by atoms with van der Waals surface area (Å²) in [6, 6.07) is 8.50. The SMILES string of the molecule is CC1CCCC(N)(c2cccc3ccncc23)C1. The standard InChI is InChI=1S/C16H20N2/c1-12-4-3-8-16(17,10-12)15-6-2-5-13-7-9-18-11-14(13)15/h2,5-7,9,11-12H,3-4,8,10,17H2,1H3. The zero-order chi connectivity index (χ0) is 12.6. The highest BCUT2D eigenvalue weighted by atomic mass is 14.8. The molecule has 1 aromatic carbocycles. The summed E-state index contributed by atoms with van der Waals surface area (Å²) in [4.78, 5) is 4.26. The molecule has 2 N–H and O–H groups in total. The van der Waals surface area contributed by atoms with E-state index in [2.05, 4.69) is 36.2 Å². The van der Waals surface area contributed by atoms with Crippen LogP contribution >= 0.6 is 0 Å². The van der Waals surface area contributed by atoms with Gasteiger partial charge in [0.05, 0.1) is 0 Å². The molecular weight excluding hydrogens is 220 g/mol. The van der Waals surface area contributed by atoms with Gasteiger partial charge in [-0.25, -0.2) is 0 Å². The van der Waals surface area contributed by atoms with E-state index in [0.29, 0.717) is 0 Å². The van der Waals surface area contributed by atoms with Gasteiger partial charge in [0.2, 0.25) is 0 Å². The van der Waals surface area contributed by atoms with Crippen molar-refractivity contribution >= 4 is 10.8 Å². The van der Waals surface area contributed by atoms with Gasteiger partial charge in [0.1, 0.15) is 0 Å². The lowest BCUT2D eigenvalue weighted by molar-refractivity contribution is 0.241. The molecule has 1 aromatic heterocycles. The molecule has 3 rings (SSSR count). The molecule has 0 saturated heterocycles. The third-order valence-electron chi connectivity index (χ3n) is 4.25. The summed E-state index contributed by atoms with van der Waals surface area (Å²) in [7, 11) is 0. The first-order chi connectivity index (χ1) is 8.69. The minimum atomic E-state index is -0.166. The monoisotopic (exact) mass is 240 g/mol. The van der Waals surface area contributed by atoms with E-state index in [4.69, 9.17) is 5.73 Å². The number of nitrogens with zero attached hydrogens (tertiary/aromatic N) is 1. The number of fused-ring (bicyclic) bond motifs is 1. The molecule has 1 aliphatic rings. The van der Waals surface area contributed by atoms with E-state index in [9.17, 15) is 0 Å². The van der Waals surface area contributed by atoms with E-state index in [1.807, 2.05) is 12.4 Å². The quantitative estimate of drug-likeness (QED) is 0.827. The maximum absolute atomic E-state index is 6.71. The second-order valence-electron chi connectivity index (χ2n) is 5.76. The largest absolute Gasteiger partial charge is 0.321 e. The molecule has 0 spiro atoms. The number of rotatable bonds is 1. The van der Waals surface area contributed by atoms with Gasteiger partial charge in [-0.2, -0.15) is 0 Å². The van der Waals surface area contributed by atoms with Gasteiger partial charge < -0.3 is 5.73 Å². The molecule has 0 amide bonds. The van der Waals surface area contributed by atoms with E-state index in [-0.39, 0.29) is 5.54 Å². The van der Waals surface area contributed by atoms with Crippen LogP contribution in [-0.2, 0) is 5.54 Å². The Bertz CT molecular complexity index is 559. The minimum Gasteiger partial charge on any atom is -0.321 e. The molecular formula is C16H20N2. The Kier molecular flexibility index (Phi) is 2.83. The summed E-state index contributed by atoms with van der Waals surface area (Å²) in [5.74, 6) is 0.718. The zero-order valence-corrected chi connectivity index (χ0v) is 10.9. The van der Waals surface area contributed by atoms with Crippen LogP contribution in [0.1, 0.15) is 38.2 Å². The molecule has 2 atom stereocenters. The molecule has 0 radical (unpaired) electrons. The summed E-state index contributed by atoms with van der Waals surface area (Å²) < 4.78 is 0. The van der Waals surface area contributed by atoms with Crippen molar-refractivity contribution in [3.63, 3.8) is 0 Å². The maximum Gasteiger partial charge on any atom is 0.0418 e. The van der Waals surface area contributed by atoms with Crippen LogP contribution in [0.2, 0.25) is 0 Å². The van der Waals surface area contributed by atoms with E-state index < -0.39 is 0 Å². The van der Waals surface area contributed by atoms with Crippen LogP contribution in [-0.4, -0.2) is 4.98 Å². The van der Waals surface area contributed by atoms with Gasteiger partial charge in [-0.1, -0.05) is 38.0 Å². The molecule has 1 aliphatic carbocycles. The number of nitrogens with two attached hydrogens (primary N) is 1. The molecule has 94 valence electrons. The van der Waals surface area contributed by atoms with E-state index in [1.165, 1.54) is 29.2 Å². The smallest absolute Gasteiger partial charge is 0.0418 e. The Morgan fingerprint density at radius 3 is 3.06 bits per heavy atom. The Hall–Kier alpha value is -1.41. The van der Waals surface area contributed by atoms with Crippen molar-refractivity contribution in [2.45, 2.75) is 38.1 Å². The summed E-state index contributed by atoms with van der Waals surface area (Å²) in [5.41, 5.74) is 7.82. The molecule has 0 bridgehead atoms. The molecule has 2 nitrogen and oxygen atoms in total. The highest BCUT2D eigenvalue weighted by Gasteiger charge is 2.33. The first kappa shape index (κ1) is 11.7. The molecule has 18 heavy (non-hydrogen) atoms. The Labute approximate surface area is 108 Å². The molecule has 0 aliphatic heterocycles. The summed E-state index contributed by atoms with van der Waals surface area (Å²) in [6.07, 6.45) is 8.51. The van der Waals surface area contributed by atoms with E-state index in [0.717, 1.165) is 18.8 Å². The fourth-order valence-electron chi connectivity index (χ4n) is 3.38. The minimum absolute atomic E-state index is 0.166. The van der Waals surface area contributed by atoms with E-state index in [1.54, 1.807) is 0 Å². The number of pyridine rings is 1. The summed E-state index contributed by atoms with van der Waals surface area (Å²) in [5, 5.41) is 2.46. The van der Waals surface area contributed by atoms with Crippen LogP contribution in [0.3, 0.4) is 0 Å². The first-order valence-electron chi connectivity index (χ1n) is 6.81. The molecule has 2 heteroatoms. The first-order valence-corrected chi connectivity index (χ1v) is 6.81. The van der Waals surface area contributed by atoms with Gasteiger partial charge in [0.25, 0.3) is 0 Å². The van der Waals surface area contributed by atoms with Gasteiger partial charge in [0.15, 0.2) is 0 Å². The third-order valence-corrected chi connectivity index (χ3v) is 4.25. The predicted octanol–water partition coefficient (Wildman–Crippen LogP) is 3.60. The number of hydrogen-bond acceptors (Lipinski definition) is 2. The van der Waals surface area contributed by atoms with Crippen molar-refractivity contribution in [3.05, 3.63) is 42.2 Å². The number of hydrogen-bond donors (Lipinski definition) is 1. The molecule has 1 heterocycles. The van der Waals surface area contributed by atoms with Crippen molar-refractivity contribution in [2.75, 3.05) is 0 Å². The lowest BCUT2D eigenvalue weighted by atomic mass is 9.72. The average Bonchev–Trinajstić information content (AvgIpc) is 2.38. The van der Waals surface area contributed by atoms with Gasteiger partial charge in [0, 0.05) is 23.3 Å². The Balaban J connectivity index is 2.13. The van der Waals surface area contributed by atoms with Crippen LogP contribution in [0.5, 0.6) is 0 Å². The Morgan fingerprint density at radius 1 is 1.33 bits per heavy atom. The fourth-order valence-corrected chi connectivity index (χ4v) is 3.38. The van der Waals surface area contributed by atoms with Gasteiger partial charge in [-0.05, 0) is 35.8 Å². The molecule has 1 fully saturated rings. The van der Waals surface area contributed by atoms with Gasteiger partial charge in [-0.15, -0.1) is 0 Å². The second-order valence-corrected chi connectivity index (χ2v) is 5.76. The molecule has 1 saturated carbocycles. The van der Waals surface area contributed by atoms with Crippen LogP contribution in [0, 0.1) is 5.92 Å². The topological polar surface area (TPSA) is 38.9 Å². The van der Waals surface area contributed by atoms with Crippen molar-refractivity contribution in [1.29, 1.82) is 0 Å². The van der Waals surface area contributed by atoms with Crippen LogP contribution < -0.4 is 5.73 Å². The van der Waals surface area contributed by atoms with E-state index >= 15 is 0 Å². The zero-order valence-electron chi connectivity index (χ0n) is 10.9. The van der Waals surface area contributed by atoms with Gasteiger partial charge in [-0.3, -0.25) is 4.98 Å². The Morgan fingerprint density at radius 2 is 2.22 bits per heavy atom. The van der Waals surface area contributed by atoms with Crippen LogP contribution in [0.4, 0.5) is 0 Å². The third kappa shape index (κ3) is 1.91. The van der Waals surface area contributed by atoms with Crippen molar-refractivity contribution in [1.82, 2.24) is 4.98 Å². The van der Waals surface area contributed by atoms with Crippen molar-refractivity contribution < 1.29 is 0 Å². The molecule has 2 unspecified atom stereocenters.